The molecule has 1 aromatic rings. The first kappa shape index (κ1) is 13.9. The van der Waals surface area contributed by atoms with Crippen molar-refractivity contribution in [2.45, 2.75) is 20.0 Å². The van der Waals surface area contributed by atoms with Crippen LogP contribution in [0.4, 0.5) is 0 Å². The molecule has 0 aliphatic rings. The molecule has 17 heavy (non-hydrogen) atoms. The third kappa shape index (κ3) is 5.65. The molecule has 6 nitrogen and oxygen atoms in total. The third-order valence-corrected chi connectivity index (χ3v) is 1.85. The molecule has 0 aromatic carbocycles. The molecular weight excluding hydrogens is 244 g/mol. The number of halogens is 1. The van der Waals surface area contributed by atoms with E-state index in [0.717, 1.165) is 6.54 Å². The van der Waals surface area contributed by atoms with Crippen molar-refractivity contribution in [3.05, 3.63) is 5.28 Å². The second-order valence-corrected chi connectivity index (χ2v) is 4.33. The topological polar surface area (TPSA) is 60.4 Å². The van der Waals surface area contributed by atoms with Gasteiger partial charge in [0.1, 0.15) is 6.61 Å². The summed E-state index contributed by atoms with van der Waals surface area (Å²) in [7, 11) is 3.91. The Kier molecular flexibility index (Phi) is 5.37. The maximum atomic E-state index is 5.74. The van der Waals surface area contributed by atoms with E-state index in [1.807, 2.05) is 32.8 Å². The molecule has 0 aliphatic heterocycles. The van der Waals surface area contributed by atoms with E-state index in [1.54, 1.807) is 0 Å². The molecule has 0 atom stereocenters. The Hall–Kier alpha value is -1.14. The molecule has 0 spiro atoms. The maximum Gasteiger partial charge on any atom is 0.324 e. The van der Waals surface area contributed by atoms with Gasteiger partial charge >= 0.3 is 12.0 Å². The van der Waals surface area contributed by atoms with E-state index >= 15 is 0 Å². The van der Waals surface area contributed by atoms with Crippen molar-refractivity contribution in [2.24, 2.45) is 0 Å². The predicted octanol–water partition coefficient (Wildman–Crippen LogP) is 1.25. The van der Waals surface area contributed by atoms with Crippen LogP contribution in [0.1, 0.15) is 13.8 Å². The van der Waals surface area contributed by atoms with Gasteiger partial charge in [0.25, 0.3) is 0 Å². The Morgan fingerprint density at radius 2 is 1.82 bits per heavy atom. The van der Waals surface area contributed by atoms with E-state index < -0.39 is 0 Å². The molecule has 1 heterocycles. The highest BCUT2D eigenvalue weighted by Gasteiger charge is 2.08. The van der Waals surface area contributed by atoms with Crippen molar-refractivity contribution in [3.8, 4) is 12.0 Å². The Morgan fingerprint density at radius 1 is 1.18 bits per heavy atom. The minimum absolute atomic E-state index is 0.0249. The molecule has 1 aromatic heterocycles. The number of hydrogen-bond donors (Lipinski definition) is 0. The van der Waals surface area contributed by atoms with Crippen molar-refractivity contribution in [3.63, 3.8) is 0 Å². The normalized spacial score (nSPS) is 11.0. The fraction of sp³-hybridized carbons (Fsp3) is 0.700. The SMILES string of the molecule is CC(C)Oc1nc(Cl)nc(OCCN(C)C)n1. The lowest BCUT2D eigenvalue weighted by Gasteiger charge is -2.11. The number of hydrogen-bond acceptors (Lipinski definition) is 6. The Morgan fingerprint density at radius 3 is 2.41 bits per heavy atom. The van der Waals surface area contributed by atoms with Crippen LogP contribution in [-0.2, 0) is 0 Å². The smallest absolute Gasteiger partial charge is 0.324 e. The van der Waals surface area contributed by atoms with Crippen LogP contribution >= 0.6 is 11.6 Å². The largest absolute Gasteiger partial charge is 0.462 e. The second-order valence-electron chi connectivity index (χ2n) is 3.99. The molecule has 96 valence electrons. The summed E-state index contributed by atoms with van der Waals surface area (Å²) in [6.07, 6.45) is -0.0249. The minimum atomic E-state index is -0.0249. The number of rotatable bonds is 6. The van der Waals surface area contributed by atoms with E-state index in [1.165, 1.54) is 0 Å². The summed E-state index contributed by atoms with van der Waals surface area (Å²) >= 11 is 5.74. The number of nitrogens with zero attached hydrogens (tertiary/aromatic N) is 4. The van der Waals surface area contributed by atoms with Gasteiger partial charge in [0, 0.05) is 6.54 Å². The van der Waals surface area contributed by atoms with Crippen molar-refractivity contribution in [1.29, 1.82) is 0 Å². The lowest BCUT2D eigenvalue weighted by atomic mass is 10.5. The average molecular weight is 261 g/mol. The molecule has 0 radical (unpaired) electrons. The fourth-order valence-electron chi connectivity index (χ4n) is 0.962. The highest BCUT2D eigenvalue weighted by molar-refractivity contribution is 6.28. The van der Waals surface area contributed by atoms with Gasteiger partial charge in [-0.25, -0.2) is 0 Å². The van der Waals surface area contributed by atoms with E-state index in [2.05, 4.69) is 15.0 Å². The Labute approximate surface area is 106 Å². The van der Waals surface area contributed by atoms with Crippen LogP contribution in [0.2, 0.25) is 5.28 Å². The number of likely N-dealkylation sites (N-methyl/N-ethyl adjacent to an activating group) is 1. The van der Waals surface area contributed by atoms with Crippen LogP contribution in [0.5, 0.6) is 12.0 Å². The zero-order valence-electron chi connectivity index (χ0n) is 10.5. The van der Waals surface area contributed by atoms with Crippen LogP contribution in [0.25, 0.3) is 0 Å². The molecule has 0 aliphatic carbocycles. The van der Waals surface area contributed by atoms with Crippen LogP contribution in [0.15, 0.2) is 0 Å². The van der Waals surface area contributed by atoms with Crippen LogP contribution in [0.3, 0.4) is 0 Å². The zero-order valence-corrected chi connectivity index (χ0v) is 11.2. The highest BCUT2D eigenvalue weighted by Crippen LogP contribution is 2.13. The molecule has 0 saturated heterocycles. The Balaban J connectivity index is 2.62. The quantitative estimate of drug-likeness (QED) is 0.767. The van der Waals surface area contributed by atoms with Crippen LogP contribution < -0.4 is 9.47 Å². The Bertz CT molecular complexity index is 360. The minimum Gasteiger partial charge on any atom is -0.462 e. The third-order valence-electron chi connectivity index (χ3n) is 1.68. The van der Waals surface area contributed by atoms with Crippen LogP contribution in [0, 0.1) is 0 Å². The first-order valence-electron chi connectivity index (χ1n) is 5.33. The van der Waals surface area contributed by atoms with E-state index in [4.69, 9.17) is 21.1 Å². The highest BCUT2D eigenvalue weighted by atomic mass is 35.5. The molecule has 0 unspecified atom stereocenters. The van der Waals surface area contributed by atoms with Crippen molar-refractivity contribution < 1.29 is 9.47 Å². The monoisotopic (exact) mass is 260 g/mol. The van der Waals surface area contributed by atoms with Crippen LogP contribution in [-0.4, -0.2) is 53.2 Å². The molecule has 7 heteroatoms. The van der Waals surface area contributed by atoms with Crippen molar-refractivity contribution in [1.82, 2.24) is 19.9 Å². The lowest BCUT2D eigenvalue weighted by Crippen LogP contribution is -2.20. The zero-order chi connectivity index (χ0) is 12.8. The van der Waals surface area contributed by atoms with Gasteiger partial charge in [-0.05, 0) is 39.5 Å². The van der Waals surface area contributed by atoms with Gasteiger partial charge in [0.15, 0.2) is 0 Å². The van der Waals surface area contributed by atoms with Gasteiger partial charge in [0.2, 0.25) is 5.28 Å². The van der Waals surface area contributed by atoms with Gasteiger partial charge in [-0.15, -0.1) is 4.98 Å². The van der Waals surface area contributed by atoms with E-state index in [9.17, 15) is 0 Å². The molecule has 0 fully saturated rings. The van der Waals surface area contributed by atoms with Gasteiger partial charge in [-0.3, -0.25) is 0 Å². The van der Waals surface area contributed by atoms with Gasteiger partial charge in [-0.1, -0.05) is 0 Å². The van der Waals surface area contributed by atoms with Crippen molar-refractivity contribution >= 4 is 11.6 Å². The molecule has 0 saturated carbocycles. The second kappa shape index (κ2) is 6.56. The number of ether oxygens (including phenoxy) is 2. The first-order chi connectivity index (χ1) is 7.97. The summed E-state index contributed by atoms with van der Waals surface area (Å²) < 4.78 is 10.7. The van der Waals surface area contributed by atoms with Gasteiger partial charge < -0.3 is 14.4 Å². The predicted molar refractivity (Wildman–Crippen MR) is 64.7 cm³/mol. The summed E-state index contributed by atoms with van der Waals surface area (Å²) in [6, 6.07) is 0.363. The lowest BCUT2D eigenvalue weighted by molar-refractivity contribution is 0.207. The van der Waals surface area contributed by atoms with Gasteiger partial charge in [-0.2, -0.15) is 9.97 Å². The van der Waals surface area contributed by atoms with Crippen molar-refractivity contribution in [2.75, 3.05) is 27.2 Å². The van der Waals surface area contributed by atoms with Gasteiger partial charge in [0.05, 0.1) is 6.10 Å². The van der Waals surface area contributed by atoms with E-state index in [-0.39, 0.29) is 23.4 Å². The molecular formula is C10H17ClN4O2. The molecule has 0 amide bonds. The first-order valence-corrected chi connectivity index (χ1v) is 5.71. The molecule has 1 rings (SSSR count). The summed E-state index contributed by atoms with van der Waals surface area (Å²) in [6.45, 7) is 5.01. The maximum absolute atomic E-state index is 5.74. The average Bonchev–Trinajstić information content (AvgIpc) is 2.14. The summed E-state index contributed by atoms with van der Waals surface area (Å²) in [5.41, 5.74) is 0. The van der Waals surface area contributed by atoms with E-state index in [0.29, 0.717) is 6.61 Å². The summed E-state index contributed by atoms with van der Waals surface area (Å²) in [5, 5.41) is 0.0653. The standard InChI is InChI=1S/C10H17ClN4O2/c1-7(2)17-10-13-8(11)12-9(14-10)16-6-5-15(3)4/h7H,5-6H2,1-4H3. The number of aromatic nitrogens is 3. The molecule has 0 bridgehead atoms. The molecule has 0 N–H and O–H groups in total. The summed E-state index contributed by atoms with van der Waals surface area (Å²) in [4.78, 5) is 13.7. The fourth-order valence-corrected chi connectivity index (χ4v) is 1.11. The summed E-state index contributed by atoms with van der Waals surface area (Å²) in [5.74, 6) is 0.